The molecule has 5 nitrogen and oxygen atoms in total. The van der Waals surface area contributed by atoms with E-state index in [4.69, 9.17) is 5.14 Å². The van der Waals surface area contributed by atoms with Crippen LogP contribution in [0.2, 0.25) is 0 Å². The molecule has 1 heterocycles. The second-order valence-corrected chi connectivity index (χ2v) is 5.81. The summed E-state index contributed by atoms with van der Waals surface area (Å²) in [4.78, 5) is 4.33. The van der Waals surface area contributed by atoms with Gasteiger partial charge >= 0.3 is 0 Å². The zero-order valence-corrected chi connectivity index (χ0v) is 9.63. The molecule has 0 amide bonds. The normalized spacial score (nSPS) is 24.7. The third-order valence-corrected chi connectivity index (χ3v) is 3.42. The minimum Gasteiger partial charge on any atom is -0.305 e. The fraction of sp³-hybridized carbons (Fsp3) is 1.00. The highest BCUT2D eigenvalue weighted by molar-refractivity contribution is 7.89. The minimum absolute atomic E-state index is 0.0626. The highest BCUT2D eigenvalue weighted by Crippen LogP contribution is 2.12. The van der Waals surface area contributed by atoms with Crippen molar-refractivity contribution in [1.82, 2.24) is 9.80 Å². The van der Waals surface area contributed by atoms with Crippen LogP contribution in [0.4, 0.5) is 0 Å². The first-order chi connectivity index (χ1) is 6.38. The molecule has 0 unspecified atom stereocenters. The van der Waals surface area contributed by atoms with E-state index in [1.165, 1.54) is 0 Å². The Hall–Kier alpha value is -0.170. The van der Waals surface area contributed by atoms with E-state index in [0.717, 1.165) is 19.5 Å². The molecule has 1 aliphatic heterocycles. The van der Waals surface area contributed by atoms with Gasteiger partial charge < -0.3 is 9.80 Å². The number of rotatable bonds is 4. The molecule has 0 aliphatic carbocycles. The zero-order valence-electron chi connectivity index (χ0n) is 8.81. The van der Waals surface area contributed by atoms with Crippen LogP contribution < -0.4 is 5.14 Å². The number of nitrogens with two attached hydrogens (primary N) is 1. The van der Waals surface area contributed by atoms with Crippen LogP contribution >= 0.6 is 0 Å². The summed E-state index contributed by atoms with van der Waals surface area (Å²) < 4.78 is 21.5. The molecule has 0 aromatic heterocycles. The van der Waals surface area contributed by atoms with Crippen molar-refractivity contribution in [2.24, 2.45) is 5.14 Å². The average molecular weight is 221 g/mol. The molecule has 1 rings (SSSR count). The lowest BCUT2D eigenvalue weighted by atomic mass is 10.2. The molecule has 0 aromatic carbocycles. The first-order valence-electron chi connectivity index (χ1n) is 4.78. The van der Waals surface area contributed by atoms with Gasteiger partial charge in [0.25, 0.3) is 0 Å². The monoisotopic (exact) mass is 221 g/mol. The molecule has 6 heteroatoms. The van der Waals surface area contributed by atoms with E-state index in [1.807, 2.05) is 14.1 Å². The van der Waals surface area contributed by atoms with Crippen molar-refractivity contribution in [1.29, 1.82) is 0 Å². The lowest BCUT2D eigenvalue weighted by molar-refractivity contribution is 0.275. The molecule has 0 bridgehead atoms. The Labute approximate surface area is 85.9 Å². The molecule has 1 aliphatic rings. The number of nitrogens with zero attached hydrogens (tertiary/aromatic N) is 2. The molecule has 14 heavy (non-hydrogen) atoms. The molecule has 2 N–H and O–H groups in total. The van der Waals surface area contributed by atoms with Gasteiger partial charge in [0.2, 0.25) is 10.0 Å². The van der Waals surface area contributed by atoms with Crippen molar-refractivity contribution >= 4 is 10.0 Å². The lowest BCUT2D eigenvalue weighted by Gasteiger charge is -2.19. The van der Waals surface area contributed by atoms with Gasteiger partial charge in [0.15, 0.2) is 0 Å². The number of primary sulfonamides is 1. The molecule has 1 atom stereocenters. The predicted molar refractivity (Wildman–Crippen MR) is 56.5 cm³/mol. The first-order valence-corrected chi connectivity index (χ1v) is 6.49. The van der Waals surface area contributed by atoms with Crippen LogP contribution in [0.25, 0.3) is 0 Å². The Bertz CT molecular complexity index is 276. The Morgan fingerprint density at radius 1 is 1.50 bits per heavy atom. The van der Waals surface area contributed by atoms with Crippen LogP contribution in [0.15, 0.2) is 0 Å². The molecular weight excluding hydrogens is 202 g/mol. The summed E-state index contributed by atoms with van der Waals surface area (Å²) in [5.74, 6) is 0.0626. The van der Waals surface area contributed by atoms with Crippen molar-refractivity contribution in [2.45, 2.75) is 12.5 Å². The minimum atomic E-state index is -3.30. The van der Waals surface area contributed by atoms with Gasteiger partial charge in [-0.05, 0) is 27.1 Å². The largest absolute Gasteiger partial charge is 0.305 e. The molecule has 84 valence electrons. The second kappa shape index (κ2) is 4.57. The SMILES string of the molecule is CN(C)[C@@H]1CCN(CCS(N)(=O)=O)C1. The van der Waals surface area contributed by atoms with Gasteiger partial charge in [-0.25, -0.2) is 13.6 Å². The van der Waals surface area contributed by atoms with E-state index in [-0.39, 0.29) is 5.75 Å². The van der Waals surface area contributed by atoms with Gasteiger partial charge in [0, 0.05) is 19.1 Å². The van der Waals surface area contributed by atoms with Gasteiger partial charge in [-0.1, -0.05) is 0 Å². The molecule has 1 saturated heterocycles. The van der Waals surface area contributed by atoms with E-state index < -0.39 is 10.0 Å². The van der Waals surface area contributed by atoms with Crippen LogP contribution in [-0.4, -0.2) is 63.7 Å². The first kappa shape index (κ1) is 11.9. The van der Waals surface area contributed by atoms with Crippen LogP contribution in [0, 0.1) is 0 Å². The van der Waals surface area contributed by atoms with E-state index >= 15 is 0 Å². The lowest BCUT2D eigenvalue weighted by Crippen LogP contribution is -2.34. The van der Waals surface area contributed by atoms with Gasteiger partial charge in [0.1, 0.15) is 0 Å². The maximum Gasteiger partial charge on any atom is 0.210 e. The van der Waals surface area contributed by atoms with Crippen molar-refractivity contribution in [3.05, 3.63) is 0 Å². The van der Waals surface area contributed by atoms with Gasteiger partial charge in [0.05, 0.1) is 5.75 Å². The summed E-state index contributed by atoms with van der Waals surface area (Å²) in [6.45, 7) is 2.48. The molecular formula is C8H19N3O2S. The summed E-state index contributed by atoms with van der Waals surface area (Å²) in [5.41, 5.74) is 0. The topological polar surface area (TPSA) is 66.6 Å². The molecule has 0 radical (unpaired) electrons. The third kappa shape index (κ3) is 3.91. The number of likely N-dealkylation sites (N-methyl/N-ethyl adjacent to an activating group) is 1. The summed E-state index contributed by atoms with van der Waals surface area (Å²) >= 11 is 0. The third-order valence-electron chi connectivity index (χ3n) is 2.67. The van der Waals surface area contributed by atoms with Crippen LogP contribution in [0.3, 0.4) is 0 Å². The summed E-state index contributed by atoms with van der Waals surface area (Å²) in [5, 5.41) is 4.94. The van der Waals surface area contributed by atoms with E-state index in [9.17, 15) is 8.42 Å². The molecule has 0 saturated carbocycles. The van der Waals surface area contributed by atoms with E-state index in [0.29, 0.717) is 12.6 Å². The maximum absolute atomic E-state index is 10.7. The van der Waals surface area contributed by atoms with Crippen molar-refractivity contribution < 1.29 is 8.42 Å². The van der Waals surface area contributed by atoms with Crippen LogP contribution in [-0.2, 0) is 10.0 Å². The summed E-state index contributed by atoms with van der Waals surface area (Å²) in [6, 6.07) is 0.551. The molecule has 1 fully saturated rings. The van der Waals surface area contributed by atoms with Crippen molar-refractivity contribution in [2.75, 3.05) is 39.5 Å². The predicted octanol–water partition coefficient (Wildman–Crippen LogP) is -1.09. The fourth-order valence-corrected chi connectivity index (χ4v) is 2.21. The summed E-state index contributed by atoms with van der Waals surface area (Å²) in [7, 11) is 0.794. The van der Waals surface area contributed by atoms with Gasteiger partial charge in [-0.3, -0.25) is 0 Å². The van der Waals surface area contributed by atoms with Gasteiger partial charge in [-0.2, -0.15) is 0 Å². The number of hydrogen-bond donors (Lipinski definition) is 1. The highest BCUT2D eigenvalue weighted by Gasteiger charge is 2.24. The molecule has 0 spiro atoms. The summed E-state index contributed by atoms with van der Waals surface area (Å²) in [6.07, 6.45) is 1.11. The van der Waals surface area contributed by atoms with Crippen LogP contribution in [0.5, 0.6) is 0 Å². The molecule has 0 aromatic rings. The maximum atomic E-state index is 10.7. The Balaban J connectivity index is 2.30. The average Bonchev–Trinajstić information content (AvgIpc) is 2.47. The van der Waals surface area contributed by atoms with Crippen molar-refractivity contribution in [3.63, 3.8) is 0 Å². The number of sulfonamides is 1. The highest BCUT2D eigenvalue weighted by atomic mass is 32.2. The van der Waals surface area contributed by atoms with E-state index in [1.54, 1.807) is 0 Å². The van der Waals surface area contributed by atoms with Crippen molar-refractivity contribution in [3.8, 4) is 0 Å². The van der Waals surface area contributed by atoms with Crippen LogP contribution in [0.1, 0.15) is 6.42 Å². The number of hydrogen-bond acceptors (Lipinski definition) is 4. The Morgan fingerprint density at radius 3 is 2.57 bits per heavy atom. The Morgan fingerprint density at radius 2 is 2.14 bits per heavy atom. The Kier molecular flexibility index (Phi) is 3.88. The standard InChI is InChI=1S/C8H19N3O2S/c1-10(2)8-3-4-11(7-8)5-6-14(9,12)13/h8H,3-7H2,1-2H3,(H2,9,12,13)/t8-/m1/s1. The smallest absolute Gasteiger partial charge is 0.210 e. The number of likely N-dealkylation sites (tertiary alicyclic amines) is 1. The van der Waals surface area contributed by atoms with Gasteiger partial charge in [-0.15, -0.1) is 0 Å². The quantitative estimate of drug-likeness (QED) is 0.655. The zero-order chi connectivity index (χ0) is 10.8. The van der Waals surface area contributed by atoms with E-state index in [2.05, 4.69) is 9.80 Å². The fourth-order valence-electron chi connectivity index (χ4n) is 1.69. The second-order valence-electron chi connectivity index (χ2n) is 4.07.